The van der Waals surface area contributed by atoms with E-state index in [0.717, 1.165) is 31.0 Å². The Morgan fingerprint density at radius 1 is 1.27 bits per heavy atom. The zero-order valence-electron chi connectivity index (χ0n) is 22.7. The molecule has 0 bridgehead atoms. The first-order valence-corrected chi connectivity index (χ1v) is 12.9. The number of alkyl halides is 2. The third kappa shape index (κ3) is 10.1. The highest BCUT2D eigenvalue weighted by molar-refractivity contribution is 5.93. The largest absolute Gasteiger partial charge is 0.460 e. The van der Waals surface area contributed by atoms with Gasteiger partial charge in [-0.25, -0.2) is 13.8 Å². The minimum Gasteiger partial charge on any atom is -0.460 e. The lowest BCUT2D eigenvalue weighted by atomic mass is 9.97. The molecule has 1 aromatic carbocycles. The summed E-state index contributed by atoms with van der Waals surface area (Å²) in [6.45, 7) is 13.9. The smallest absolute Gasteiger partial charge is 0.306 e. The number of anilines is 1. The summed E-state index contributed by atoms with van der Waals surface area (Å²) >= 11 is 0. The van der Waals surface area contributed by atoms with Crippen molar-refractivity contribution in [2.75, 3.05) is 18.4 Å². The van der Waals surface area contributed by atoms with Gasteiger partial charge in [-0.2, -0.15) is 0 Å². The number of hydrogen-bond donors (Lipinski definition) is 1. The molecule has 0 aliphatic carbocycles. The van der Waals surface area contributed by atoms with Gasteiger partial charge in [0.2, 0.25) is 0 Å². The Hall–Kier alpha value is -3.03. The Labute approximate surface area is 219 Å². The van der Waals surface area contributed by atoms with Crippen molar-refractivity contribution < 1.29 is 23.1 Å². The summed E-state index contributed by atoms with van der Waals surface area (Å²) in [6, 6.07) is 5.75. The zero-order valence-corrected chi connectivity index (χ0v) is 22.7. The Bertz CT molecular complexity index is 976. The molecule has 6 nitrogen and oxygen atoms in total. The summed E-state index contributed by atoms with van der Waals surface area (Å²) in [5.74, 6) is -2.51. The number of nitrogens with one attached hydrogen (secondary N) is 1. The molecule has 1 aliphatic heterocycles. The number of carbonyl (C=O) groups excluding carboxylic acids is 2. The number of nitrogens with zero attached hydrogens (tertiary/aromatic N) is 2. The SMILES string of the molecule is C=C1CC=CN=C(N(CCC)CC(CC=O)CCC(=O)OC(C)(C)C)C1Nc1ccc(C(C)(F)F)cc1. The molecule has 0 fully saturated rings. The van der Waals surface area contributed by atoms with Crippen molar-refractivity contribution in [2.45, 2.75) is 84.3 Å². The number of halogens is 2. The fourth-order valence-corrected chi connectivity index (χ4v) is 4.18. The van der Waals surface area contributed by atoms with E-state index in [1.54, 1.807) is 18.3 Å². The van der Waals surface area contributed by atoms with E-state index >= 15 is 0 Å². The van der Waals surface area contributed by atoms with Gasteiger partial charge in [0.15, 0.2) is 0 Å². The first-order valence-electron chi connectivity index (χ1n) is 12.9. The van der Waals surface area contributed by atoms with E-state index in [1.165, 1.54) is 12.1 Å². The summed E-state index contributed by atoms with van der Waals surface area (Å²) < 4.78 is 32.8. The second kappa shape index (κ2) is 13.5. The zero-order chi connectivity index (χ0) is 27.6. The average Bonchev–Trinajstić information content (AvgIpc) is 2.97. The standard InChI is InChI=1S/C29H41F2N3O3/c1-7-18-34(20-22(16-19-35)10-15-25(36)37-28(3,4)5)27-26(21(2)9-8-17-32-27)33-24-13-11-23(12-14-24)29(6,30)31/h8,11-14,17,19,22,26,33H,2,7,9-10,15-16,18,20H2,1,3-6H3. The van der Waals surface area contributed by atoms with E-state index in [0.29, 0.717) is 38.0 Å². The van der Waals surface area contributed by atoms with Crippen molar-refractivity contribution in [2.24, 2.45) is 10.9 Å². The van der Waals surface area contributed by atoms with Crippen molar-refractivity contribution in [3.05, 3.63) is 54.3 Å². The molecular weight excluding hydrogens is 476 g/mol. The normalized spacial score (nSPS) is 17.0. The molecule has 2 rings (SSSR count). The first-order chi connectivity index (χ1) is 17.3. The average molecular weight is 518 g/mol. The lowest BCUT2D eigenvalue weighted by molar-refractivity contribution is -0.155. The van der Waals surface area contributed by atoms with Crippen LogP contribution in [0, 0.1) is 5.92 Å². The highest BCUT2D eigenvalue weighted by Gasteiger charge is 2.28. The van der Waals surface area contributed by atoms with Gasteiger partial charge < -0.3 is 19.7 Å². The molecule has 1 aliphatic rings. The maximum absolute atomic E-state index is 13.7. The highest BCUT2D eigenvalue weighted by atomic mass is 19.3. The van der Waals surface area contributed by atoms with Gasteiger partial charge >= 0.3 is 5.97 Å². The maximum atomic E-state index is 13.7. The van der Waals surface area contributed by atoms with Gasteiger partial charge in [-0.1, -0.05) is 31.7 Å². The number of allylic oxidation sites excluding steroid dienone is 1. The Balaban J connectivity index is 2.24. The summed E-state index contributed by atoms with van der Waals surface area (Å²) in [7, 11) is 0. The summed E-state index contributed by atoms with van der Waals surface area (Å²) in [5.41, 5.74) is 0.957. The van der Waals surface area contributed by atoms with Crippen LogP contribution < -0.4 is 5.32 Å². The second-order valence-corrected chi connectivity index (χ2v) is 10.6. The van der Waals surface area contributed by atoms with Gasteiger partial charge in [0.05, 0.1) is 0 Å². The maximum Gasteiger partial charge on any atom is 0.306 e. The van der Waals surface area contributed by atoms with Crippen LogP contribution in [0.5, 0.6) is 0 Å². The molecule has 8 heteroatoms. The van der Waals surface area contributed by atoms with Crippen LogP contribution in [0.4, 0.5) is 14.5 Å². The lowest BCUT2D eigenvalue weighted by Crippen LogP contribution is -2.46. The van der Waals surface area contributed by atoms with Crippen molar-refractivity contribution >= 4 is 23.8 Å². The third-order valence-corrected chi connectivity index (χ3v) is 5.96. The van der Waals surface area contributed by atoms with Gasteiger partial charge in [-0.3, -0.25) is 4.79 Å². The molecule has 2 unspecified atom stereocenters. The van der Waals surface area contributed by atoms with Crippen LogP contribution in [0.3, 0.4) is 0 Å². The molecule has 0 spiro atoms. The van der Waals surface area contributed by atoms with Gasteiger partial charge in [-0.15, -0.1) is 0 Å². The van der Waals surface area contributed by atoms with Crippen LogP contribution in [-0.2, 0) is 20.2 Å². The van der Waals surface area contributed by atoms with Crippen molar-refractivity contribution in [1.82, 2.24) is 4.90 Å². The summed E-state index contributed by atoms with van der Waals surface area (Å²) in [4.78, 5) is 30.6. The van der Waals surface area contributed by atoms with Gasteiger partial charge in [-0.05, 0) is 63.7 Å². The van der Waals surface area contributed by atoms with Gasteiger partial charge in [0.25, 0.3) is 5.92 Å². The molecule has 1 N–H and O–H groups in total. The van der Waals surface area contributed by atoms with E-state index in [-0.39, 0.29) is 29.9 Å². The van der Waals surface area contributed by atoms with Crippen LogP contribution in [0.25, 0.3) is 0 Å². The van der Waals surface area contributed by atoms with Crippen molar-refractivity contribution in [3.63, 3.8) is 0 Å². The molecule has 0 aromatic heterocycles. The number of esters is 1. The van der Waals surface area contributed by atoms with Crippen LogP contribution >= 0.6 is 0 Å². The number of aliphatic imine (C=N–C) groups is 1. The predicted molar refractivity (Wildman–Crippen MR) is 145 cm³/mol. The molecular formula is C29H41F2N3O3. The third-order valence-electron chi connectivity index (χ3n) is 5.96. The minimum atomic E-state index is -2.91. The highest BCUT2D eigenvalue weighted by Crippen LogP contribution is 2.29. The first kappa shape index (κ1) is 30.2. The molecule has 0 saturated carbocycles. The predicted octanol–water partition coefficient (Wildman–Crippen LogP) is 6.49. The van der Waals surface area contributed by atoms with E-state index in [1.807, 2.05) is 26.8 Å². The Morgan fingerprint density at radius 2 is 1.95 bits per heavy atom. The number of aldehydes is 1. The van der Waals surface area contributed by atoms with Gasteiger partial charge in [0.1, 0.15) is 23.8 Å². The fourth-order valence-electron chi connectivity index (χ4n) is 4.18. The van der Waals surface area contributed by atoms with Gasteiger partial charge in [0, 0.05) is 50.3 Å². The van der Waals surface area contributed by atoms with Crippen LogP contribution in [-0.4, -0.2) is 47.7 Å². The Morgan fingerprint density at radius 3 is 2.51 bits per heavy atom. The quantitative estimate of drug-likeness (QED) is 0.195. The molecule has 1 heterocycles. The molecule has 2 atom stereocenters. The molecule has 37 heavy (non-hydrogen) atoms. The number of amidine groups is 1. The van der Waals surface area contributed by atoms with E-state index in [9.17, 15) is 18.4 Å². The number of ether oxygens (including phenoxy) is 1. The van der Waals surface area contributed by atoms with E-state index in [2.05, 4.69) is 23.7 Å². The van der Waals surface area contributed by atoms with E-state index < -0.39 is 11.5 Å². The fraction of sp³-hybridized carbons (Fsp3) is 0.552. The monoisotopic (exact) mass is 517 g/mol. The molecule has 204 valence electrons. The molecule has 0 amide bonds. The van der Waals surface area contributed by atoms with Crippen molar-refractivity contribution in [1.29, 1.82) is 0 Å². The summed E-state index contributed by atoms with van der Waals surface area (Å²) in [5, 5.41) is 3.42. The lowest BCUT2D eigenvalue weighted by Gasteiger charge is -2.34. The van der Waals surface area contributed by atoms with Crippen LogP contribution in [0.2, 0.25) is 0 Å². The summed E-state index contributed by atoms with van der Waals surface area (Å²) in [6.07, 6.45) is 7.10. The molecule has 0 saturated heterocycles. The number of carbonyl (C=O) groups is 2. The van der Waals surface area contributed by atoms with Crippen LogP contribution in [0.1, 0.15) is 72.3 Å². The Kier molecular flexibility index (Phi) is 11.0. The van der Waals surface area contributed by atoms with Crippen LogP contribution in [0.15, 0.2) is 53.7 Å². The number of rotatable bonds is 12. The van der Waals surface area contributed by atoms with Crippen molar-refractivity contribution in [3.8, 4) is 0 Å². The topological polar surface area (TPSA) is 71.0 Å². The molecule has 0 radical (unpaired) electrons. The number of benzene rings is 1. The number of hydrogen-bond acceptors (Lipinski definition) is 6. The molecule has 1 aromatic rings. The van der Waals surface area contributed by atoms with E-state index in [4.69, 9.17) is 9.73 Å². The minimum absolute atomic E-state index is 0.0531. The second-order valence-electron chi connectivity index (χ2n) is 10.6.